The molecule has 1 aromatic heterocycles. The number of halogens is 3. The highest BCUT2D eigenvalue weighted by molar-refractivity contribution is 7.18. The van der Waals surface area contributed by atoms with Crippen LogP contribution in [0.25, 0.3) is 10.2 Å². The molecule has 1 saturated heterocycles. The zero-order valence-electron chi connectivity index (χ0n) is 17.4. The van der Waals surface area contributed by atoms with E-state index in [1.165, 1.54) is 29.5 Å². The molecule has 3 rings (SSSR count). The molecule has 4 atom stereocenters. The Morgan fingerprint density at radius 2 is 2.12 bits per heavy atom. The minimum absolute atomic E-state index is 0.136. The fourth-order valence-corrected chi connectivity index (χ4v) is 4.93. The summed E-state index contributed by atoms with van der Waals surface area (Å²) in [6.07, 6.45) is -6.02. The average Bonchev–Trinajstić information content (AvgIpc) is 3.11. The van der Waals surface area contributed by atoms with Crippen molar-refractivity contribution in [3.63, 3.8) is 0 Å². The third-order valence-corrected chi connectivity index (χ3v) is 6.43. The molecule has 1 amide bonds. The molecule has 1 aromatic carbocycles. The number of likely N-dealkylation sites (N-methyl/N-ethyl adjacent to an activating group) is 1. The molecule has 0 spiro atoms. The van der Waals surface area contributed by atoms with Crippen LogP contribution in [0.4, 0.5) is 13.2 Å². The number of fused-ring (bicyclic) bond motifs is 1. The Hall–Kier alpha value is -1.99. The van der Waals surface area contributed by atoms with Gasteiger partial charge in [0, 0.05) is 25.1 Å². The van der Waals surface area contributed by atoms with Crippen molar-refractivity contribution in [2.24, 2.45) is 0 Å². The van der Waals surface area contributed by atoms with Crippen molar-refractivity contribution in [3.8, 4) is 5.75 Å². The zero-order valence-corrected chi connectivity index (χ0v) is 18.2. The lowest BCUT2D eigenvalue weighted by Gasteiger charge is -2.45. The van der Waals surface area contributed by atoms with Crippen LogP contribution in [0.2, 0.25) is 0 Å². The first-order chi connectivity index (χ1) is 15.1. The minimum atomic E-state index is -4.77. The highest BCUT2D eigenvalue weighted by Crippen LogP contribution is 2.30. The lowest BCUT2D eigenvalue weighted by atomic mass is 9.89. The van der Waals surface area contributed by atoms with E-state index in [2.05, 4.69) is 15.0 Å². The lowest BCUT2D eigenvalue weighted by molar-refractivity contribution is -0.274. The van der Waals surface area contributed by atoms with Gasteiger partial charge in [0.2, 0.25) is 5.91 Å². The summed E-state index contributed by atoms with van der Waals surface area (Å²) >= 11 is 1.35. The molecule has 1 fully saturated rings. The number of hydrogen-bond acceptors (Lipinski definition) is 8. The first kappa shape index (κ1) is 24.6. The van der Waals surface area contributed by atoms with Gasteiger partial charge >= 0.3 is 6.36 Å². The molecule has 2 heterocycles. The fraction of sp³-hybridized carbons (Fsp3) is 0.600. The molecule has 0 bridgehead atoms. The van der Waals surface area contributed by atoms with Gasteiger partial charge in [-0.1, -0.05) is 0 Å². The molecular weight excluding hydrogens is 451 g/mol. The monoisotopic (exact) mass is 477 g/mol. The van der Waals surface area contributed by atoms with Gasteiger partial charge in [-0.15, -0.1) is 24.5 Å². The lowest BCUT2D eigenvalue weighted by Crippen LogP contribution is -2.65. The number of aromatic nitrogens is 1. The van der Waals surface area contributed by atoms with E-state index >= 15 is 0 Å². The van der Waals surface area contributed by atoms with Gasteiger partial charge in [-0.05, 0) is 38.4 Å². The molecular formula is C20H26F3N3O5S. The summed E-state index contributed by atoms with van der Waals surface area (Å²) < 4.78 is 41.9. The van der Waals surface area contributed by atoms with Crippen LogP contribution >= 0.6 is 11.3 Å². The largest absolute Gasteiger partial charge is 0.573 e. The fourth-order valence-electron chi connectivity index (χ4n) is 3.94. The molecule has 4 unspecified atom stereocenters. The molecule has 178 valence electrons. The molecule has 12 heteroatoms. The van der Waals surface area contributed by atoms with Crippen LogP contribution in [0.5, 0.6) is 5.75 Å². The van der Waals surface area contributed by atoms with Gasteiger partial charge in [0.15, 0.2) is 0 Å². The maximum atomic E-state index is 12.5. The van der Waals surface area contributed by atoms with Crippen LogP contribution in [-0.4, -0.2) is 81.5 Å². The van der Waals surface area contributed by atoms with E-state index in [0.717, 1.165) is 4.70 Å². The number of aliphatic hydroxyl groups is 3. The number of nitrogens with one attached hydrogen (secondary N) is 1. The Morgan fingerprint density at radius 3 is 2.78 bits per heavy atom. The number of ether oxygens (including phenoxy) is 1. The number of carbonyl (C=O) groups is 1. The Bertz CT molecular complexity index is 926. The first-order valence-electron chi connectivity index (χ1n) is 10.3. The second-order valence-corrected chi connectivity index (χ2v) is 8.71. The molecule has 1 aliphatic heterocycles. The summed E-state index contributed by atoms with van der Waals surface area (Å²) in [5, 5.41) is 33.6. The van der Waals surface area contributed by atoms with Crippen LogP contribution in [0.1, 0.15) is 24.8 Å². The number of aryl methyl sites for hydroxylation is 1. The van der Waals surface area contributed by atoms with E-state index < -0.39 is 36.6 Å². The second kappa shape index (κ2) is 10.3. The quantitative estimate of drug-likeness (QED) is 0.455. The van der Waals surface area contributed by atoms with E-state index in [1.54, 1.807) is 11.8 Å². The number of rotatable bonds is 8. The van der Waals surface area contributed by atoms with Gasteiger partial charge in [-0.25, -0.2) is 4.98 Å². The summed E-state index contributed by atoms with van der Waals surface area (Å²) in [6.45, 7) is 2.19. The van der Waals surface area contributed by atoms with Crippen molar-refractivity contribution in [1.82, 2.24) is 15.2 Å². The number of amides is 1. The summed E-state index contributed by atoms with van der Waals surface area (Å²) in [4.78, 5) is 18.6. The minimum Gasteiger partial charge on any atom is -0.406 e. The molecule has 0 radical (unpaired) electrons. The number of piperidine rings is 1. The Morgan fingerprint density at radius 1 is 1.38 bits per heavy atom. The summed E-state index contributed by atoms with van der Waals surface area (Å²) in [5.41, 5.74) is 0.400. The van der Waals surface area contributed by atoms with Crippen molar-refractivity contribution in [3.05, 3.63) is 23.2 Å². The molecule has 0 aliphatic carbocycles. The van der Waals surface area contributed by atoms with Crippen molar-refractivity contribution in [2.75, 3.05) is 19.7 Å². The summed E-state index contributed by atoms with van der Waals surface area (Å²) in [5.74, 6) is -0.757. The van der Waals surface area contributed by atoms with E-state index in [1.807, 2.05) is 0 Å². The Labute approximate surface area is 186 Å². The van der Waals surface area contributed by atoms with Crippen molar-refractivity contribution in [2.45, 2.75) is 56.8 Å². The van der Waals surface area contributed by atoms with Crippen LogP contribution in [0, 0.1) is 0 Å². The van der Waals surface area contributed by atoms with Crippen molar-refractivity contribution in [1.29, 1.82) is 0 Å². The maximum Gasteiger partial charge on any atom is 0.573 e. The Kier molecular flexibility index (Phi) is 7.93. The SMILES string of the molecule is CCNC(=O)C1C(O)C(O)CC(CO)N1CCCc1nc2cc(OC(F)(F)F)ccc2s1. The van der Waals surface area contributed by atoms with Gasteiger partial charge in [0.25, 0.3) is 0 Å². The summed E-state index contributed by atoms with van der Waals surface area (Å²) in [6, 6.07) is 2.51. The zero-order chi connectivity index (χ0) is 23.5. The van der Waals surface area contributed by atoms with Crippen molar-refractivity contribution >= 4 is 27.5 Å². The predicted molar refractivity (Wildman–Crippen MR) is 111 cm³/mol. The highest BCUT2D eigenvalue weighted by atomic mass is 32.1. The number of thiazole rings is 1. The van der Waals surface area contributed by atoms with Gasteiger partial charge in [0.05, 0.1) is 27.9 Å². The number of alkyl halides is 3. The van der Waals surface area contributed by atoms with Gasteiger partial charge in [0.1, 0.15) is 17.9 Å². The average molecular weight is 478 g/mol. The standard InChI is InChI=1S/C20H26F3N3O5S/c1-2-24-19(30)17-18(29)14(28)8-11(10-27)26(17)7-3-4-16-25-13-9-12(31-20(21,22)23)5-6-15(13)32-16/h5-6,9,11,14,17-18,27-29H,2-4,7-8,10H2,1H3,(H,24,30). The first-order valence-corrected chi connectivity index (χ1v) is 11.1. The molecule has 2 aromatic rings. The number of benzene rings is 1. The topological polar surface area (TPSA) is 115 Å². The second-order valence-electron chi connectivity index (χ2n) is 7.60. The van der Waals surface area contributed by atoms with E-state index in [-0.39, 0.29) is 18.8 Å². The summed E-state index contributed by atoms with van der Waals surface area (Å²) in [7, 11) is 0. The molecule has 0 saturated carbocycles. The maximum absolute atomic E-state index is 12.5. The third-order valence-electron chi connectivity index (χ3n) is 5.33. The van der Waals surface area contributed by atoms with Gasteiger partial charge in [-0.3, -0.25) is 9.69 Å². The van der Waals surface area contributed by atoms with E-state index in [0.29, 0.717) is 36.5 Å². The van der Waals surface area contributed by atoms with Gasteiger partial charge < -0.3 is 25.4 Å². The highest BCUT2D eigenvalue weighted by Gasteiger charge is 2.44. The predicted octanol–water partition coefficient (Wildman–Crippen LogP) is 1.42. The van der Waals surface area contributed by atoms with Crippen molar-refractivity contribution < 1.29 is 38.0 Å². The smallest absolute Gasteiger partial charge is 0.406 e. The van der Waals surface area contributed by atoms with Crippen LogP contribution < -0.4 is 10.1 Å². The molecule has 32 heavy (non-hydrogen) atoms. The van der Waals surface area contributed by atoms with E-state index in [9.17, 15) is 33.3 Å². The number of nitrogens with zero attached hydrogens (tertiary/aromatic N) is 2. The van der Waals surface area contributed by atoms with Crippen LogP contribution in [0.15, 0.2) is 18.2 Å². The molecule has 8 nitrogen and oxygen atoms in total. The number of likely N-dealkylation sites (tertiary alicyclic amines) is 1. The normalized spacial score (nSPS) is 24.6. The number of aliphatic hydroxyl groups excluding tert-OH is 3. The van der Waals surface area contributed by atoms with Crippen LogP contribution in [0.3, 0.4) is 0 Å². The molecule has 1 aliphatic rings. The Balaban J connectivity index is 1.68. The van der Waals surface area contributed by atoms with Gasteiger partial charge in [-0.2, -0.15) is 0 Å². The van der Waals surface area contributed by atoms with E-state index in [4.69, 9.17) is 0 Å². The molecule has 4 N–H and O–H groups in total. The van der Waals surface area contributed by atoms with Crippen LogP contribution in [-0.2, 0) is 11.2 Å². The number of carbonyl (C=O) groups excluding carboxylic acids is 1. The number of hydrogen-bond donors (Lipinski definition) is 4. The third kappa shape index (κ3) is 5.87.